The molecule has 0 aliphatic heterocycles. The molecule has 0 atom stereocenters. The highest BCUT2D eigenvalue weighted by molar-refractivity contribution is 7.99. The van der Waals surface area contributed by atoms with E-state index < -0.39 is 0 Å². The Morgan fingerprint density at radius 3 is 2.72 bits per heavy atom. The summed E-state index contributed by atoms with van der Waals surface area (Å²) in [6, 6.07) is 6.11. The number of hydrogen-bond donors (Lipinski definition) is 1. The van der Waals surface area contributed by atoms with Crippen LogP contribution < -0.4 is 5.32 Å². The fourth-order valence-corrected chi connectivity index (χ4v) is 3.70. The van der Waals surface area contributed by atoms with Gasteiger partial charge in [-0.05, 0) is 38.1 Å². The number of amides is 1. The minimum absolute atomic E-state index is 0.145. The van der Waals surface area contributed by atoms with Crippen molar-refractivity contribution in [2.75, 3.05) is 11.1 Å². The van der Waals surface area contributed by atoms with Crippen LogP contribution in [-0.4, -0.2) is 31.4 Å². The third kappa shape index (κ3) is 4.23. The van der Waals surface area contributed by atoms with Crippen molar-refractivity contribution >= 4 is 34.1 Å². The molecule has 0 spiro atoms. The summed E-state index contributed by atoms with van der Waals surface area (Å²) in [6.07, 6.45) is 0. The molecule has 3 aromatic rings. The van der Waals surface area contributed by atoms with Gasteiger partial charge in [0.05, 0.1) is 11.4 Å². The maximum Gasteiger partial charge on any atom is 0.236 e. The Kier molecular flexibility index (Phi) is 5.44. The molecule has 25 heavy (non-hydrogen) atoms. The normalized spacial score (nSPS) is 10.8. The molecule has 6 nitrogen and oxygen atoms in total. The second kappa shape index (κ2) is 7.75. The van der Waals surface area contributed by atoms with Crippen molar-refractivity contribution in [2.24, 2.45) is 0 Å². The number of nitrogens with zero attached hydrogens (tertiary/aromatic N) is 4. The molecule has 0 bridgehead atoms. The predicted molar refractivity (Wildman–Crippen MR) is 97.3 cm³/mol. The molecule has 0 saturated carbocycles. The molecule has 0 radical (unpaired) electrons. The first kappa shape index (κ1) is 17.6. The summed E-state index contributed by atoms with van der Waals surface area (Å²) in [4.78, 5) is 16.2. The zero-order valence-electron chi connectivity index (χ0n) is 13.7. The summed E-state index contributed by atoms with van der Waals surface area (Å²) in [5, 5.41) is 14.2. The van der Waals surface area contributed by atoms with Crippen LogP contribution in [0.25, 0.3) is 11.4 Å². The molecular formula is C16H16FN5OS2. The van der Waals surface area contributed by atoms with E-state index in [9.17, 15) is 9.18 Å². The molecule has 1 N–H and O–H groups in total. The SMILES string of the molecule is CCn1c(SCC(=O)Nc2nc(C)cs2)nnc1-c1ccc(F)cc1. The largest absolute Gasteiger partial charge is 0.302 e. The summed E-state index contributed by atoms with van der Waals surface area (Å²) in [5.74, 6) is 0.421. The molecule has 0 unspecified atom stereocenters. The minimum Gasteiger partial charge on any atom is -0.302 e. The van der Waals surface area contributed by atoms with Crippen molar-refractivity contribution in [3.63, 3.8) is 0 Å². The van der Waals surface area contributed by atoms with Gasteiger partial charge in [-0.2, -0.15) is 0 Å². The number of aromatic nitrogens is 4. The van der Waals surface area contributed by atoms with Crippen LogP contribution >= 0.6 is 23.1 Å². The highest BCUT2D eigenvalue weighted by Crippen LogP contribution is 2.24. The van der Waals surface area contributed by atoms with E-state index in [1.54, 1.807) is 12.1 Å². The van der Waals surface area contributed by atoms with E-state index in [1.165, 1.54) is 35.2 Å². The number of thioether (sulfide) groups is 1. The van der Waals surface area contributed by atoms with Gasteiger partial charge in [0.2, 0.25) is 5.91 Å². The first-order chi connectivity index (χ1) is 12.1. The Bertz CT molecular complexity index is 875. The third-order valence-electron chi connectivity index (χ3n) is 3.33. The van der Waals surface area contributed by atoms with Gasteiger partial charge >= 0.3 is 0 Å². The summed E-state index contributed by atoms with van der Waals surface area (Å²) in [5.41, 5.74) is 1.66. The lowest BCUT2D eigenvalue weighted by Crippen LogP contribution is -2.14. The lowest BCUT2D eigenvalue weighted by molar-refractivity contribution is -0.113. The summed E-state index contributed by atoms with van der Waals surface area (Å²) >= 11 is 2.70. The Hall–Kier alpha value is -2.26. The summed E-state index contributed by atoms with van der Waals surface area (Å²) < 4.78 is 15.0. The Morgan fingerprint density at radius 2 is 2.08 bits per heavy atom. The molecule has 9 heteroatoms. The van der Waals surface area contributed by atoms with Crippen LogP contribution in [0.2, 0.25) is 0 Å². The Balaban J connectivity index is 1.68. The fraction of sp³-hybridized carbons (Fsp3) is 0.250. The van der Waals surface area contributed by atoms with Gasteiger partial charge in [-0.3, -0.25) is 4.79 Å². The smallest absolute Gasteiger partial charge is 0.236 e. The van der Waals surface area contributed by atoms with Gasteiger partial charge in [0.25, 0.3) is 0 Å². The van der Waals surface area contributed by atoms with Crippen LogP contribution in [0, 0.1) is 12.7 Å². The lowest BCUT2D eigenvalue weighted by atomic mass is 10.2. The summed E-state index contributed by atoms with van der Waals surface area (Å²) in [7, 11) is 0. The number of carbonyl (C=O) groups is 1. The minimum atomic E-state index is -0.296. The number of rotatable bonds is 6. The van der Waals surface area contributed by atoms with Crippen LogP contribution in [0.15, 0.2) is 34.8 Å². The number of anilines is 1. The number of thiazole rings is 1. The van der Waals surface area contributed by atoms with Crippen LogP contribution in [-0.2, 0) is 11.3 Å². The maximum atomic E-state index is 13.1. The molecule has 2 aromatic heterocycles. The van der Waals surface area contributed by atoms with E-state index in [0.29, 0.717) is 22.7 Å². The first-order valence-electron chi connectivity index (χ1n) is 7.60. The zero-order valence-corrected chi connectivity index (χ0v) is 15.3. The van der Waals surface area contributed by atoms with Gasteiger partial charge in [0.1, 0.15) is 5.82 Å². The number of benzene rings is 1. The van der Waals surface area contributed by atoms with Gasteiger partial charge in [-0.15, -0.1) is 21.5 Å². The highest BCUT2D eigenvalue weighted by atomic mass is 32.2. The summed E-state index contributed by atoms with van der Waals surface area (Å²) in [6.45, 7) is 4.50. The van der Waals surface area contributed by atoms with Crippen molar-refractivity contribution in [3.8, 4) is 11.4 Å². The maximum absolute atomic E-state index is 13.1. The number of carbonyl (C=O) groups excluding carboxylic acids is 1. The van der Waals surface area contributed by atoms with Crippen LogP contribution in [0.3, 0.4) is 0 Å². The monoisotopic (exact) mass is 377 g/mol. The zero-order chi connectivity index (χ0) is 17.8. The molecule has 2 heterocycles. The quantitative estimate of drug-likeness (QED) is 0.665. The number of hydrogen-bond acceptors (Lipinski definition) is 6. The van der Waals surface area contributed by atoms with E-state index in [2.05, 4.69) is 20.5 Å². The van der Waals surface area contributed by atoms with E-state index in [-0.39, 0.29) is 17.5 Å². The second-order valence-electron chi connectivity index (χ2n) is 5.19. The standard InChI is InChI=1S/C16H16FN5OS2/c1-3-22-14(11-4-6-12(17)7-5-11)20-21-16(22)25-9-13(23)19-15-18-10(2)8-24-15/h4-8H,3,9H2,1-2H3,(H,18,19,23). The average Bonchev–Trinajstić information content (AvgIpc) is 3.19. The van der Waals surface area contributed by atoms with Gasteiger partial charge in [-0.1, -0.05) is 11.8 Å². The molecule has 130 valence electrons. The molecule has 0 saturated heterocycles. The molecule has 0 aliphatic rings. The van der Waals surface area contributed by atoms with E-state index >= 15 is 0 Å². The average molecular weight is 377 g/mol. The van der Waals surface area contributed by atoms with Crippen molar-refractivity contribution in [1.82, 2.24) is 19.7 Å². The molecule has 1 aromatic carbocycles. The van der Waals surface area contributed by atoms with Gasteiger partial charge in [0.15, 0.2) is 16.1 Å². The van der Waals surface area contributed by atoms with Crippen molar-refractivity contribution in [2.45, 2.75) is 25.5 Å². The topological polar surface area (TPSA) is 72.7 Å². The van der Waals surface area contributed by atoms with E-state index in [0.717, 1.165) is 11.3 Å². The lowest BCUT2D eigenvalue weighted by Gasteiger charge is -2.07. The van der Waals surface area contributed by atoms with E-state index in [1.807, 2.05) is 23.8 Å². The first-order valence-corrected chi connectivity index (χ1v) is 9.47. The third-order valence-corrected chi connectivity index (χ3v) is 5.18. The Labute approximate surface area is 152 Å². The molecule has 3 rings (SSSR count). The second-order valence-corrected chi connectivity index (χ2v) is 6.99. The van der Waals surface area contributed by atoms with E-state index in [4.69, 9.17) is 0 Å². The van der Waals surface area contributed by atoms with Gasteiger partial charge in [-0.25, -0.2) is 9.37 Å². The Morgan fingerprint density at radius 1 is 1.32 bits per heavy atom. The van der Waals surface area contributed by atoms with Crippen molar-refractivity contribution in [1.29, 1.82) is 0 Å². The van der Waals surface area contributed by atoms with Gasteiger partial charge < -0.3 is 9.88 Å². The molecule has 0 aliphatic carbocycles. The van der Waals surface area contributed by atoms with Gasteiger partial charge in [0, 0.05) is 17.5 Å². The highest BCUT2D eigenvalue weighted by Gasteiger charge is 2.15. The molecule has 0 fully saturated rings. The number of nitrogens with one attached hydrogen (secondary N) is 1. The van der Waals surface area contributed by atoms with Crippen LogP contribution in [0.1, 0.15) is 12.6 Å². The predicted octanol–water partition coefficient (Wildman–Crippen LogP) is 3.60. The van der Waals surface area contributed by atoms with Crippen molar-refractivity contribution < 1.29 is 9.18 Å². The fourth-order valence-electron chi connectivity index (χ4n) is 2.19. The molecule has 1 amide bonds. The molecular weight excluding hydrogens is 361 g/mol. The number of aryl methyl sites for hydroxylation is 1. The number of halogens is 1. The van der Waals surface area contributed by atoms with Crippen LogP contribution in [0.4, 0.5) is 9.52 Å². The van der Waals surface area contributed by atoms with Crippen molar-refractivity contribution in [3.05, 3.63) is 41.2 Å². The van der Waals surface area contributed by atoms with Crippen LogP contribution in [0.5, 0.6) is 0 Å².